The number of hydrogen-bond acceptors (Lipinski definition) is 5. The Morgan fingerprint density at radius 3 is 2.91 bits per heavy atom. The molecule has 0 radical (unpaired) electrons. The van der Waals surface area contributed by atoms with Crippen LogP contribution in [0.15, 0.2) is 42.2 Å². The molecule has 0 aliphatic heterocycles. The van der Waals surface area contributed by atoms with Crippen molar-refractivity contribution in [2.75, 3.05) is 5.73 Å². The highest BCUT2D eigenvalue weighted by molar-refractivity contribution is 7.16. The monoisotopic (exact) mass is 309 g/mol. The summed E-state index contributed by atoms with van der Waals surface area (Å²) < 4.78 is 2.76. The number of rotatable bonds is 2. The SMILES string of the molecule is NC(=O)c1cnn2cc(-c3ccc4ncsc4c3)cc2c1N. The van der Waals surface area contributed by atoms with Crippen LogP contribution in [0, 0.1) is 0 Å². The Balaban J connectivity index is 1.91. The lowest BCUT2D eigenvalue weighted by Gasteiger charge is -2.02. The van der Waals surface area contributed by atoms with E-state index in [1.165, 1.54) is 6.20 Å². The zero-order chi connectivity index (χ0) is 15.3. The van der Waals surface area contributed by atoms with Crippen molar-refractivity contribution in [2.24, 2.45) is 5.73 Å². The topological polar surface area (TPSA) is 99.3 Å². The highest BCUT2D eigenvalue weighted by Gasteiger charge is 2.13. The van der Waals surface area contributed by atoms with Crippen molar-refractivity contribution in [3.05, 3.63) is 47.7 Å². The van der Waals surface area contributed by atoms with Gasteiger partial charge in [0.1, 0.15) is 0 Å². The molecule has 0 aliphatic carbocycles. The normalized spacial score (nSPS) is 11.3. The molecular formula is C15H11N5OS. The smallest absolute Gasteiger partial charge is 0.252 e. The van der Waals surface area contributed by atoms with Crippen LogP contribution in [0.2, 0.25) is 0 Å². The first kappa shape index (κ1) is 12.8. The summed E-state index contributed by atoms with van der Waals surface area (Å²) in [7, 11) is 0. The van der Waals surface area contributed by atoms with Crippen LogP contribution in [-0.2, 0) is 0 Å². The van der Waals surface area contributed by atoms with Crippen LogP contribution in [0.4, 0.5) is 5.69 Å². The van der Waals surface area contributed by atoms with E-state index in [0.717, 1.165) is 21.3 Å². The van der Waals surface area contributed by atoms with Gasteiger partial charge in [-0.05, 0) is 23.8 Å². The molecule has 4 aromatic rings. The molecule has 0 saturated carbocycles. The van der Waals surface area contributed by atoms with Crippen molar-refractivity contribution >= 4 is 38.7 Å². The first-order chi connectivity index (χ1) is 10.6. The molecule has 0 bridgehead atoms. The van der Waals surface area contributed by atoms with E-state index >= 15 is 0 Å². The lowest BCUT2D eigenvalue weighted by Crippen LogP contribution is -2.15. The van der Waals surface area contributed by atoms with E-state index in [2.05, 4.69) is 16.1 Å². The van der Waals surface area contributed by atoms with Crippen LogP contribution in [0.3, 0.4) is 0 Å². The van der Waals surface area contributed by atoms with Gasteiger partial charge < -0.3 is 11.5 Å². The van der Waals surface area contributed by atoms with Gasteiger partial charge in [0.2, 0.25) is 0 Å². The molecule has 6 nitrogen and oxygen atoms in total. The Bertz CT molecular complexity index is 1030. The van der Waals surface area contributed by atoms with E-state index < -0.39 is 5.91 Å². The van der Waals surface area contributed by atoms with Crippen LogP contribution in [0.25, 0.3) is 26.9 Å². The standard InChI is InChI=1S/C15H11N5OS/c16-14-10(15(17)21)5-19-20-6-9(3-12(14)20)8-1-2-11-13(4-8)22-7-18-11/h1-7H,16H2,(H2,17,21). The van der Waals surface area contributed by atoms with Gasteiger partial charge in [0, 0.05) is 11.8 Å². The van der Waals surface area contributed by atoms with Gasteiger partial charge in [-0.15, -0.1) is 11.3 Å². The highest BCUT2D eigenvalue weighted by atomic mass is 32.1. The lowest BCUT2D eigenvalue weighted by molar-refractivity contribution is 0.100. The first-order valence-electron chi connectivity index (χ1n) is 6.54. The number of nitrogens with two attached hydrogens (primary N) is 2. The van der Waals surface area contributed by atoms with Crippen LogP contribution < -0.4 is 11.5 Å². The number of fused-ring (bicyclic) bond motifs is 2. The number of nitrogen functional groups attached to an aromatic ring is 1. The van der Waals surface area contributed by atoms with E-state index in [0.29, 0.717) is 11.2 Å². The summed E-state index contributed by atoms with van der Waals surface area (Å²) in [6.07, 6.45) is 3.26. The summed E-state index contributed by atoms with van der Waals surface area (Å²) in [5, 5.41) is 4.19. The average molecular weight is 309 g/mol. The van der Waals surface area contributed by atoms with Gasteiger partial charge in [-0.3, -0.25) is 4.79 Å². The maximum atomic E-state index is 11.3. The second kappa shape index (κ2) is 4.54. The minimum atomic E-state index is -0.582. The molecule has 0 aliphatic rings. The number of hydrogen-bond donors (Lipinski definition) is 2. The van der Waals surface area contributed by atoms with E-state index in [1.54, 1.807) is 15.9 Å². The number of anilines is 1. The Kier molecular flexibility index (Phi) is 2.64. The van der Waals surface area contributed by atoms with Gasteiger partial charge in [0.05, 0.1) is 38.7 Å². The molecule has 0 atom stereocenters. The van der Waals surface area contributed by atoms with E-state index in [-0.39, 0.29) is 5.56 Å². The molecule has 3 aromatic heterocycles. The minimum Gasteiger partial charge on any atom is -0.396 e. The predicted octanol–water partition coefficient (Wildman–Crippen LogP) is 2.29. The second-order valence-electron chi connectivity index (χ2n) is 4.93. The number of aromatic nitrogens is 3. The molecule has 1 amide bonds. The summed E-state index contributed by atoms with van der Waals surface area (Å²) in [6.45, 7) is 0. The number of carbonyl (C=O) groups is 1. The van der Waals surface area contributed by atoms with Gasteiger partial charge in [0.25, 0.3) is 5.91 Å². The number of benzene rings is 1. The molecular weight excluding hydrogens is 298 g/mol. The molecule has 1 aromatic carbocycles. The maximum absolute atomic E-state index is 11.3. The maximum Gasteiger partial charge on any atom is 0.252 e. The molecule has 0 spiro atoms. The van der Waals surface area contributed by atoms with E-state index in [1.807, 2.05) is 29.9 Å². The van der Waals surface area contributed by atoms with Crippen molar-refractivity contribution in [3.8, 4) is 11.1 Å². The van der Waals surface area contributed by atoms with Crippen molar-refractivity contribution in [1.29, 1.82) is 0 Å². The molecule has 0 unspecified atom stereocenters. The number of carbonyl (C=O) groups excluding carboxylic acids is 1. The van der Waals surface area contributed by atoms with Gasteiger partial charge in [-0.1, -0.05) is 6.07 Å². The third kappa shape index (κ3) is 1.83. The van der Waals surface area contributed by atoms with Crippen molar-refractivity contribution < 1.29 is 4.79 Å². The largest absolute Gasteiger partial charge is 0.396 e. The Labute approximate surface area is 129 Å². The Morgan fingerprint density at radius 2 is 2.09 bits per heavy atom. The number of primary amides is 1. The third-order valence-electron chi connectivity index (χ3n) is 3.61. The molecule has 4 N–H and O–H groups in total. The van der Waals surface area contributed by atoms with Gasteiger partial charge >= 0.3 is 0 Å². The first-order valence-corrected chi connectivity index (χ1v) is 7.42. The van der Waals surface area contributed by atoms with Gasteiger partial charge in [0.15, 0.2) is 0 Å². The molecule has 4 rings (SSSR count). The molecule has 3 heterocycles. The fourth-order valence-electron chi connectivity index (χ4n) is 2.47. The van der Waals surface area contributed by atoms with Crippen molar-refractivity contribution in [1.82, 2.24) is 14.6 Å². The van der Waals surface area contributed by atoms with Crippen LogP contribution in [0.1, 0.15) is 10.4 Å². The van der Waals surface area contributed by atoms with Crippen LogP contribution >= 0.6 is 11.3 Å². The zero-order valence-electron chi connectivity index (χ0n) is 11.4. The summed E-state index contributed by atoms with van der Waals surface area (Å²) in [5.74, 6) is -0.582. The zero-order valence-corrected chi connectivity index (χ0v) is 12.2. The molecule has 0 saturated heterocycles. The lowest BCUT2D eigenvalue weighted by atomic mass is 10.1. The number of nitrogens with zero attached hydrogens (tertiary/aromatic N) is 3. The molecule has 0 fully saturated rings. The average Bonchev–Trinajstić information content (AvgIpc) is 3.13. The molecule has 22 heavy (non-hydrogen) atoms. The quantitative estimate of drug-likeness (QED) is 0.593. The summed E-state index contributed by atoms with van der Waals surface area (Å²) in [6, 6.07) is 7.96. The van der Waals surface area contributed by atoms with Crippen molar-refractivity contribution in [2.45, 2.75) is 0 Å². The van der Waals surface area contributed by atoms with Crippen molar-refractivity contribution in [3.63, 3.8) is 0 Å². The van der Waals surface area contributed by atoms with Crippen LogP contribution in [0.5, 0.6) is 0 Å². The Hall–Kier alpha value is -2.93. The summed E-state index contributed by atoms with van der Waals surface area (Å²) in [4.78, 5) is 15.6. The van der Waals surface area contributed by atoms with E-state index in [4.69, 9.17) is 11.5 Å². The number of thiazole rings is 1. The van der Waals surface area contributed by atoms with Crippen LogP contribution in [-0.4, -0.2) is 20.5 Å². The van der Waals surface area contributed by atoms with E-state index in [9.17, 15) is 4.79 Å². The second-order valence-corrected chi connectivity index (χ2v) is 5.82. The fraction of sp³-hybridized carbons (Fsp3) is 0. The summed E-state index contributed by atoms with van der Waals surface area (Å²) in [5.41, 5.74) is 17.4. The molecule has 7 heteroatoms. The molecule has 108 valence electrons. The highest BCUT2D eigenvalue weighted by Crippen LogP contribution is 2.29. The predicted molar refractivity (Wildman–Crippen MR) is 86.7 cm³/mol. The third-order valence-corrected chi connectivity index (χ3v) is 4.40. The summed E-state index contributed by atoms with van der Waals surface area (Å²) >= 11 is 1.59. The minimum absolute atomic E-state index is 0.232. The Morgan fingerprint density at radius 1 is 1.23 bits per heavy atom. The van der Waals surface area contributed by atoms with Gasteiger partial charge in [-0.2, -0.15) is 5.10 Å². The van der Waals surface area contributed by atoms with Gasteiger partial charge in [-0.25, -0.2) is 9.50 Å². The number of amides is 1. The fourth-order valence-corrected chi connectivity index (χ4v) is 3.18.